The zero-order valence-corrected chi connectivity index (χ0v) is 17.1. The molecule has 2 rings (SSSR count). The third kappa shape index (κ3) is 6.96. The molecule has 154 valence electrons. The Balaban J connectivity index is 1.95. The third-order valence-electron chi connectivity index (χ3n) is 4.77. The van der Waals surface area contributed by atoms with Crippen molar-refractivity contribution in [1.29, 1.82) is 0 Å². The second-order valence-electron chi connectivity index (χ2n) is 7.57. The molecule has 0 radical (unpaired) electrons. The molecule has 1 aliphatic carbocycles. The second kappa shape index (κ2) is 10.8. The van der Waals surface area contributed by atoms with Crippen LogP contribution < -0.4 is 16.0 Å². The molecule has 7 heteroatoms. The minimum Gasteiger partial charge on any atom is -0.353 e. The van der Waals surface area contributed by atoms with Crippen LogP contribution in [0.25, 0.3) is 0 Å². The van der Waals surface area contributed by atoms with E-state index in [0.29, 0.717) is 17.8 Å². The Labute approximate surface area is 167 Å². The van der Waals surface area contributed by atoms with Crippen LogP contribution in [0.3, 0.4) is 0 Å². The molecule has 0 spiro atoms. The number of hydrogen-bond donors (Lipinski definition) is 3. The van der Waals surface area contributed by atoms with Gasteiger partial charge in [0.15, 0.2) is 0 Å². The Kier molecular flexibility index (Phi) is 8.44. The van der Waals surface area contributed by atoms with Gasteiger partial charge in [0, 0.05) is 12.1 Å². The Morgan fingerprint density at radius 1 is 1.07 bits per heavy atom. The van der Waals surface area contributed by atoms with Gasteiger partial charge in [0.2, 0.25) is 11.8 Å². The van der Waals surface area contributed by atoms with Crippen molar-refractivity contribution in [2.45, 2.75) is 58.5 Å². The van der Waals surface area contributed by atoms with Gasteiger partial charge < -0.3 is 16.0 Å². The molecule has 0 bridgehead atoms. The highest BCUT2D eigenvalue weighted by Crippen LogP contribution is 2.20. The molecule has 1 aliphatic rings. The summed E-state index contributed by atoms with van der Waals surface area (Å²) in [6, 6.07) is 7.29. The van der Waals surface area contributed by atoms with Gasteiger partial charge in [-0.1, -0.05) is 31.9 Å². The van der Waals surface area contributed by atoms with E-state index in [1.807, 2.05) is 20.8 Å². The van der Waals surface area contributed by atoms with Gasteiger partial charge in [-0.15, -0.1) is 0 Å². The van der Waals surface area contributed by atoms with E-state index in [2.05, 4.69) is 16.0 Å². The number of carbonyl (C=O) groups is 3. The van der Waals surface area contributed by atoms with Crippen molar-refractivity contribution < 1.29 is 14.4 Å². The van der Waals surface area contributed by atoms with Crippen LogP contribution in [-0.4, -0.2) is 54.3 Å². The third-order valence-corrected chi connectivity index (χ3v) is 4.77. The molecule has 1 saturated carbocycles. The van der Waals surface area contributed by atoms with E-state index in [-0.39, 0.29) is 42.9 Å². The molecule has 0 unspecified atom stereocenters. The summed E-state index contributed by atoms with van der Waals surface area (Å²) in [5, 5.41) is 8.70. The predicted molar refractivity (Wildman–Crippen MR) is 110 cm³/mol. The summed E-state index contributed by atoms with van der Waals surface area (Å²) in [5.41, 5.74) is 0.953. The number of rotatable bonds is 9. The van der Waals surface area contributed by atoms with Crippen LogP contribution in [0.5, 0.6) is 0 Å². The lowest BCUT2D eigenvalue weighted by Gasteiger charge is -2.21. The van der Waals surface area contributed by atoms with Crippen molar-refractivity contribution in [3.8, 4) is 0 Å². The van der Waals surface area contributed by atoms with Crippen LogP contribution >= 0.6 is 0 Å². The molecule has 0 heterocycles. The quantitative estimate of drug-likeness (QED) is 0.605. The Bertz CT molecular complexity index is 684. The minimum absolute atomic E-state index is 0.0605. The smallest absolute Gasteiger partial charge is 0.253 e. The van der Waals surface area contributed by atoms with Crippen LogP contribution in [0.2, 0.25) is 0 Å². The molecule has 1 aromatic carbocycles. The normalized spacial score (nSPS) is 14.3. The average molecular weight is 389 g/mol. The van der Waals surface area contributed by atoms with E-state index in [1.165, 1.54) is 0 Å². The average Bonchev–Trinajstić information content (AvgIpc) is 3.13. The van der Waals surface area contributed by atoms with E-state index in [9.17, 15) is 14.4 Å². The molecule has 0 saturated heterocycles. The number of likely N-dealkylation sites (N-methyl/N-ethyl adjacent to an activating group) is 1. The van der Waals surface area contributed by atoms with E-state index in [1.54, 1.807) is 29.2 Å². The van der Waals surface area contributed by atoms with Crippen molar-refractivity contribution in [3.63, 3.8) is 0 Å². The van der Waals surface area contributed by atoms with Crippen LogP contribution in [0.1, 0.15) is 56.8 Å². The summed E-state index contributed by atoms with van der Waals surface area (Å²) in [6.07, 6.45) is 4.29. The molecule has 1 aromatic rings. The molecular weight excluding hydrogens is 356 g/mol. The number of anilines is 1. The number of nitrogens with zero attached hydrogens (tertiary/aromatic N) is 1. The number of benzene rings is 1. The van der Waals surface area contributed by atoms with Gasteiger partial charge in [-0.05, 0) is 45.4 Å². The fraction of sp³-hybridized carbons (Fsp3) is 0.571. The number of para-hydroxylation sites is 1. The lowest BCUT2D eigenvalue weighted by Crippen LogP contribution is -2.43. The first-order valence-electron chi connectivity index (χ1n) is 10.1. The maximum atomic E-state index is 12.6. The van der Waals surface area contributed by atoms with E-state index in [4.69, 9.17) is 0 Å². The molecule has 0 atom stereocenters. The molecule has 3 N–H and O–H groups in total. The molecule has 0 aromatic heterocycles. The van der Waals surface area contributed by atoms with E-state index in [0.717, 1.165) is 25.7 Å². The monoisotopic (exact) mass is 388 g/mol. The van der Waals surface area contributed by atoms with Crippen molar-refractivity contribution in [3.05, 3.63) is 29.8 Å². The molecule has 3 amide bonds. The second-order valence-corrected chi connectivity index (χ2v) is 7.57. The Morgan fingerprint density at radius 2 is 1.71 bits per heavy atom. The highest BCUT2D eigenvalue weighted by Gasteiger charge is 2.20. The fourth-order valence-electron chi connectivity index (χ4n) is 3.37. The standard InChI is InChI=1S/C21H32N4O3/c1-4-25(13-19(26)22-15(2)3)14-20(27)24-18-12-8-7-11-17(18)21(28)23-16-9-5-6-10-16/h7-8,11-12,15-16H,4-6,9-10,13-14H2,1-3H3,(H,22,26)(H,23,28)(H,24,27). The lowest BCUT2D eigenvalue weighted by molar-refractivity contribution is -0.123. The highest BCUT2D eigenvalue weighted by atomic mass is 16.2. The van der Waals surface area contributed by atoms with Crippen LogP contribution in [0.4, 0.5) is 5.69 Å². The number of amides is 3. The Hall–Kier alpha value is -2.41. The largest absolute Gasteiger partial charge is 0.353 e. The maximum Gasteiger partial charge on any atom is 0.253 e. The van der Waals surface area contributed by atoms with Gasteiger partial charge in [0.1, 0.15) is 0 Å². The van der Waals surface area contributed by atoms with Gasteiger partial charge in [-0.25, -0.2) is 0 Å². The summed E-state index contributed by atoms with van der Waals surface area (Å²) >= 11 is 0. The van der Waals surface area contributed by atoms with Gasteiger partial charge >= 0.3 is 0 Å². The van der Waals surface area contributed by atoms with E-state index < -0.39 is 0 Å². The molecule has 28 heavy (non-hydrogen) atoms. The zero-order valence-electron chi connectivity index (χ0n) is 17.1. The summed E-state index contributed by atoms with van der Waals surface area (Å²) in [4.78, 5) is 38.8. The molecular formula is C21H32N4O3. The lowest BCUT2D eigenvalue weighted by atomic mass is 10.1. The Morgan fingerprint density at radius 3 is 2.36 bits per heavy atom. The van der Waals surface area contributed by atoms with Crippen molar-refractivity contribution >= 4 is 23.4 Å². The number of carbonyl (C=O) groups excluding carboxylic acids is 3. The summed E-state index contributed by atoms with van der Waals surface area (Å²) in [6.45, 7) is 6.51. The summed E-state index contributed by atoms with van der Waals surface area (Å²) in [5.74, 6) is -0.521. The minimum atomic E-state index is -0.250. The van der Waals surface area contributed by atoms with Crippen molar-refractivity contribution in [2.75, 3.05) is 25.0 Å². The highest BCUT2D eigenvalue weighted by molar-refractivity contribution is 6.04. The van der Waals surface area contributed by atoms with Gasteiger partial charge in [0.05, 0.1) is 24.3 Å². The summed E-state index contributed by atoms with van der Waals surface area (Å²) < 4.78 is 0. The predicted octanol–water partition coefficient (Wildman–Crippen LogP) is 2.14. The van der Waals surface area contributed by atoms with Crippen LogP contribution in [0, 0.1) is 0 Å². The fourth-order valence-corrected chi connectivity index (χ4v) is 3.37. The van der Waals surface area contributed by atoms with Crippen molar-refractivity contribution in [2.24, 2.45) is 0 Å². The first-order valence-corrected chi connectivity index (χ1v) is 10.1. The molecule has 0 aliphatic heterocycles. The topological polar surface area (TPSA) is 90.5 Å². The zero-order chi connectivity index (χ0) is 20.5. The van der Waals surface area contributed by atoms with Gasteiger partial charge in [-0.2, -0.15) is 0 Å². The number of nitrogens with one attached hydrogen (secondary N) is 3. The number of hydrogen-bond acceptors (Lipinski definition) is 4. The summed E-state index contributed by atoms with van der Waals surface area (Å²) in [7, 11) is 0. The van der Waals surface area contributed by atoms with Gasteiger partial charge in [0.25, 0.3) is 5.91 Å². The van der Waals surface area contributed by atoms with Crippen molar-refractivity contribution in [1.82, 2.24) is 15.5 Å². The SMILES string of the molecule is CCN(CC(=O)Nc1ccccc1C(=O)NC1CCCC1)CC(=O)NC(C)C. The van der Waals surface area contributed by atoms with E-state index >= 15 is 0 Å². The first kappa shape index (κ1) is 21.9. The maximum absolute atomic E-state index is 12.6. The van der Waals surface area contributed by atoms with Gasteiger partial charge in [-0.3, -0.25) is 19.3 Å². The van der Waals surface area contributed by atoms with Crippen LogP contribution in [0.15, 0.2) is 24.3 Å². The molecule has 1 fully saturated rings. The van der Waals surface area contributed by atoms with Crippen LogP contribution in [-0.2, 0) is 9.59 Å². The first-order chi connectivity index (χ1) is 13.4. The molecule has 7 nitrogen and oxygen atoms in total.